The van der Waals surface area contributed by atoms with Crippen molar-refractivity contribution in [3.63, 3.8) is 0 Å². The van der Waals surface area contributed by atoms with E-state index in [4.69, 9.17) is 4.74 Å². The molecule has 0 saturated heterocycles. The highest BCUT2D eigenvalue weighted by Crippen LogP contribution is 2.45. The maximum Gasteiger partial charge on any atom is 0.331 e. The zero-order valence-corrected chi connectivity index (χ0v) is 21.7. The lowest BCUT2D eigenvalue weighted by Crippen LogP contribution is -2.37. The predicted octanol–water partition coefficient (Wildman–Crippen LogP) is 5.50. The third kappa shape index (κ3) is 4.79. The van der Waals surface area contributed by atoms with E-state index in [-0.39, 0.29) is 24.0 Å². The molecule has 11 heteroatoms. The molecule has 39 heavy (non-hydrogen) atoms. The Morgan fingerprint density at radius 3 is 2.59 bits per heavy atom. The summed E-state index contributed by atoms with van der Waals surface area (Å²) in [4.78, 5) is 42.2. The summed E-state index contributed by atoms with van der Waals surface area (Å²) in [7, 11) is 0. The van der Waals surface area contributed by atoms with Crippen molar-refractivity contribution in [2.75, 3.05) is 10.2 Å². The number of benzene rings is 1. The van der Waals surface area contributed by atoms with Crippen LogP contribution in [-0.2, 0) is 0 Å². The van der Waals surface area contributed by atoms with Gasteiger partial charge in [-0.25, -0.2) is 19.7 Å². The topological polar surface area (TPSA) is 121 Å². The number of pyridine rings is 1. The summed E-state index contributed by atoms with van der Waals surface area (Å²) in [6.45, 7) is 7.63. The second kappa shape index (κ2) is 10.2. The van der Waals surface area contributed by atoms with Crippen LogP contribution in [0.2, 0.25) is 0 Å². The van der Waals surface area contributed by atoms with Gasteiger partial charge in [0.2, 0.25) is 0 Å². The largest absolute Gasteiger partial charge is 0.424 e. The number of nitrogens with one attached hydrogen (secondary N) is 3. The Morgan fingerprint density at radius 1 is 1.10 bits per heavy atom. The molecule has 1 aliphatic heterocycles. The Morgan fingerprint density at radius 2 is 1.85 bits per heavy atom. The zero-order chi connectivity index (χ0) is 26.9. The molecule has 4 heterocycles. The van der Waals surface area contributed by atoms with Crippen LogP contribution in [0.1, 0.15) is 28.9 Å². The quantitative estimate of drug-likeness (QED) is 0.253. The molecular formula is C28H25N7O3S. The predicted molar refractivity (Wildman–Crippen MR) is 151 cm³/mol. The molecule has 2 unspecified atom stereocenters. The fourth-order valence-electron chi connectivity index (χ4n) is 4.89. The van der Waals surface area contributed by atoms with Crippen LogP contribution in [0, 0.1) is 0 Å². The number of hydrogen-bond acceptors (Lipinski definition) is 8. The molecule has 0 radical (unpaired) electrons. The Kier molecular flexibility index (Phi) is 6.41. The highest BCUT2D eigenvalue weighted by Gasteiger charge is 2.34. The number of anilines is 3. The van der Waals surface area contributed by atoms with Crippen molar-refractivity contribution in [3.05, 3.63) is 84.8 Å². The van der Waals surface area contributed by atoms with Crippen molar-refractivity contribution < 1.29 is 14.3 Å². The monoisotopic (exact) mass is 539 g/mol. The van der Waals surface area contributed by atoms with Crippen molar-refractivity contribution in [2.24, 2.45) is 0 Å². The first kappa shape index (κ1) is 24.6. The van der Waals surface area contributed by atoms with Crippen molar-refractivity contribution >= 4 is 50.6 Å². The van der Waals surface area contributed by atoms with Gasteiger partial charge in [0, 0.05) is 24.0 Å². The molecule has 1 saturated carbocycles. The van der Waals surface area contributed by atoms with E-state index >= 15 is 0 Å². The molecule has 3 N–H and O–H groups in total. The Labute approximate surface area is 228 Å². The van der Waals surface area contributed by atoms with E-state index < -0.39 is 6.03 Å². The number of amides is 3. The van der Waals surface area contributed by atoms with Gasteiger partial charge in [-0.3, -0.25) is 9.69 Å². The second-order valence-corrected chi connectivity index (χ2v) is 10.3. The van der Waals surface area contributed by atoms with Gasteiger partial charge in [-0.15, -0.1) is 11.3 Å². The van der Waals surface area contributed by atoms with Gasteiger partial charge in [0.05, 0.1) is 34.8 Å². The lowest BCUT2D eigenvalue weighted by atomic mass is 10.1. The summed E-state index contributed by atoms with van der Waals surface area (Å²) in [5.41, 5.74) is 2.29. The van der Waals surface area contributed by atoms with Gasteiger partial charge < -0.3 is 20.7 Å². The summed E-state index contributed by atoms with van der Waals surface area (Å²) in [6.07, 6.45) is 8.91. The van der Waals surface area contributed by atoms with E-state index in [0.717, 1.165) is 25.0 Å². The number of urea groups is 1. The van der Waals surface area contributed by atoms with Crippen LogP contribution >= 0.6 is 11.3 Å². The first-order valence-electron chi connectivity index (χ1n) is 12.5. The average Bonchev–Trinajstić information content (AvgIpc) is 3.55. The molecule has 1 aromatic carbocycles. The zero-order valence-electron chi connectivity index (χ0n) is 20.9. The van der Waals surface area contributed by atoms with Gasteiger partial charge in [-0.2, -0.15) is 0 Å². The minimum Gasteiger partial charge on any atom is -0.424 e. The number of ether oxygens (including phenoxy) is 1. The summed E-state index contributed by atoms with van der Waals surface area (Å²) in [5, 5.41) is 10.0. The normalized spacial score (nSPS) is 17.9. The smallest absolute Gasteiger partial charge is 0.331 e. The third-order valence-corrected chi connectivity index (χ3v) is 7.78. The summed E-state index contributed by atoms with van der Waals surface area (Å²) < 4.78 is 5.67. The second-order valence-electron chi connectivity index (χ2n) is 9.27. The van der Waals surface area contributed by atoms with Crippen LogP contribution in [0.4, 0.5) is 21.9 Å². The van der Waals surface area contributed by atoms with E-state index in [1.807, 2.05) is 18.2 Å². The van der Waals surface area contributed by atoms with Crippen molar-refractivity contribution in [3.8, 4) is 11.8 Å². The number of nitrogens with zero attached hydrogens (tertiary/aromatic N) is 4. The molecular weight excluding hydrogens is 514 g/mol. The number of hydrogen-bond donors (Lipinski definition) is 3. The first-order chi connectivity index (χ1) is 19.0. The van der Waals surface area contributed by atoms with Gasteiger partial charge in [-0.05, 0) is 43.5 Å². The fraction of sp³-hybridized carbons (Fsp3) is 0.179. The molecule has 6 rings (SSSR count). The van der Waals surface area contributed by atoms with Crippen LogP contribution in [0.3, 0.4) is 0 Å². The van der Waals surface area contributed by atoms with Crippen LogP contribution in [0.15, 0.2) is 79.9 Å². The van der Waals surface area contributed by atoms with E-state index in [1.165, 1.54) is 28.6 Å². The van der Waals surface area contributed by atoms with E-state index in [0.29, 0.717) is 37.9 Å². The van der Waals surface area contributed by atoms with Crippen LogP contribution in [0.5, 0.6) is 11.8 Å². The number of allylic oxidation sites excluding steroid dienone is 1. The van der Waals surface area contributed by atoms with Crippen LogP contribution < -0.4 is 25.6 Å². The molecule has 3 amide bonds. The van der Waals surface area contributed by atoms with E-state index in [2.05, 4.69) is 44.1 Å². The highest BCUT2D eigenvalue weighted by molar-refractivity contribution is 7.21. The lowest BCUT2D eigenvalue weighted by Gasteiger charge is -2.27. The van der Waals surface area contributed by atoms with Gasteiger partial charge in [0.25, 0.3) is 5.91 Å². The van der Waals surface area contributed by atoms with Gasteiger partial charge in [0.1, 0.15) is 15.5 Å². The number of aromatic nitrogens is 3. The fourth-order valence-corrected chi connectivity index (χ4v) is 5.91. The minimum absolute atomic E-state index is 0.0158. The number of carbonyl (C=O) groups excluding carboxylic acids is 2. The van der Waals surface area contributed by atoms with Crippen molar-refractivity contribution in [2.45, 2.75) is 31.3 Å². The summed E-state index contributed by atoms with van der Waals surface area (Å²) in [5.74, 6) is 0.378. The Balaban J connectivity index is 1.24. The maximum absolute atomic E-state index is 13.3. The Hall–Kier alpha value is -4.77. The molecule has 0 spiro atoms. The number of para-hydroxylation sites is 1. The molecule has 1 fully saturated rings. The summed E-state index contributed by atoms with van der Waals surface area (Å²) in [6, 6.07) is 10.9. The number of rotatable bonds is 8. The van der Waals surface area contributed by atoms with Crippen molar-refractivity contribution in [1.82, 2.24) is 25.6 Å². The highest BCUT2D eigenvalue weighted by atomic mass is 32.1. The van der Waals surface area contributed by atoms with Crippen LogP contribution in [0.25, 0.3) is 10.2 Å². The van der Waals surface area contributed by atoms with E-state index in [1.54, 1.807) is 30.5 Å². The molecule has 1 aliphatic carbocycles. The minimum atomic E-state index is -0.421. The third-order valence-electron chi connectivity index (χ3n) is 6.68. The summed E-state index contributed by atoms with van der Waals surface area (Å²) >= 11 is 1.25. The average molecular weight is 540 g/mol. The molecule has 196 valence electrons. The standard InChI is InChI=1S/C28H25N7O3S/c1-3-16(2)32-17-9-10-18(13-17)33-25(36)24-23-22-21(11-12-29-26(22)39-24)35(28(37)34-23)19-14-30-27(31-15-19)38-20-7-5-4-6-8-20/h3-8,11-12,14-15,17-18,32H,1-2,9-10,13H2,(H,33,36)(H,34,37). The molecule has 10 nitrogen and oxygen atoms in total. The molecule has 3 aromatic heterocycles. The maximum atomic E-state index is 13.3. The lowest BCUT2D eigenvalue weighted by molar-refractivity contribution is 0.0942. The molecule has 4 aromatic rings. The first-order valence-corrected chi connectivity index (χ1v) is 13.3. The van der Waals surface area contributed by atoms with Gasteiger partial charge in [0.15, 0.2) is 0 Å². The van der Waals surface area contributed by atoms with Gasteiger partial charge >= 0.3 is 12.0 Å². The Bertz CT molecular complexity index is 1590. The number of thiophene rings is 1. The molecule has 2 atom stereocenters. The molecule has 0 bridgehead atoms. The van der Waals surface area contributed by atoms with Gasteiger partial charge in [-0.1, -0.05) is 31.4 Å². The molecule has 2 aliphatic rings. The van der Waals surface area contributed by atoms with Crippen LogP contribution in [-0.4, -0.2) is 39.0 Å². The van der Waals surface area contributed by atoms with E-state index in [9.17, 15) is 9.59 Å². The SMILES string of the molecule is C=CC(=C)NC1CCC(NC(=O)c2sc3nccc4c3c2NC(=O)N4c2cnc(Oc3ccccc3)nc2)C1. The number of carbonyl (C=O) groups is 2. The van der Waals surface area contributed by atoms with Crippen molar-refractivity contribution in [1.29, 1.82) is 0 Å².